The van der Waals surface area contributed by atoms with Gasteiger partial charge in [0, 0.05) is 49.8 Å². The molecule has 0 fully saturated rings. The zero-order valence-corrected chi connectivity index (χ0v) is 27.1. The van der Waals surface area contributed by atoms with Gasteiger partial charge >= 0.3 is 0 Å². The van der Waals surface area contributed by atoms with E-state index in [-0.39, 0.29) is 20.1 Å². The molecule has 4 nitrogen and oxygen atoms in total. The fraction of sp³-hybridized carbons (Fsp3) is 0. The molecule has 46 heavy (non-hydrogen) atoms. The second kappa shape index (κ2) is 14.5. The molecule has 0 spiro atoms. The van der Waals surface area contributed by atoms with Crippen molar-refractivity contribution in [2.45, 2.75) is 0 Å². The van der Waals surface area contributed by atoms with Crippen LogP contribution >= 0.6 is 0 Å². The monoisotopic (exact) mass is 770 g/mol. The summed E-state index contributed by atoms with van der Waals surface area (Å²) in [4.78, 5) is 8.52. The summed E-state index contributed by atoms with van der Waals surface area (Å²) in [6.07, 6.45) is 5.45. The normalized spacial score (nSPS) is 10.4. The molecule has 0 unspecified atom stereocenters. The van der Waals surface area contributed by atoms with Crippen molar-refractivity contribution in [3.63, 3.8) is 0 Å². The van der Waals surface area contributed by atoms with Crippen molar-refractivity contribution in [1.29, 1.82) is 0 Å². The first kappa shape index (κ1) is 30.5. The summed E-state index contributed by atoms with van der Waals surface area (Å²) in [7, 11) is 0. The Morgan fingerprint density at radius 1 is 0.500 bits per heavy atom. The maximum Gasteiger partial charge on any atom is 0.157 e. The van der Waals surface area contributed by atoms with Crippen LogP contribution in [0.3, 0.4) is 0 Å². The molecule has 0 bridgehead atoms. The Morgan fingerprint density at radius 3 is 1.91 bits per heavy atom. The molecule has 8 rings (SSSR count). The molecule has 223 valence electrons. The van der Waals surface area contributed by atoms with Gasteiger partial charge in [0.05, 0.1) is 0 Å². The molecular weight excluding hydrogens is 743 g/mol. The number of aromatic nitrogens is 3. The van der Waals surface area contributed by atoms with E-state index >= 15 is 0 Å². The zero-order valence-electron chi connectivity index (χ0n) is 24.7. The minimum atomic E-state index is 0. The van der Waals surface area contributed by atoms with Crippen LogP contribution in [0.2, 0.25) is 0 Å². The second-order valence-corrected chi connectivity index (χ2v) is 10.4. The Hall–Kier alpha value is -5.48. The van der Waals surface area contributed by atoms with Gasteiger partial charge in [0.25, 0.3) is 0 Å². The molecule has 8 aromatic rings. The quantitative estimate of drug-likeness (QED) is 0.164. The van der Waals surface area contributed by atoms with Crippen LogP contribution in [0, 0.1) is 12.1 Å². The van der Waals surface area contributed by atoms with Crippen molar-refractivity contribution >= 4 is 11.0 Å². The molecule has 0 aliphatic carbocycles. The molecule has 0 amide bonds. The molecule has 0 aliphatic rings. The summed E-state index contributed by atoms with van der Waals surface area (Å²) in [5.41, 5.74) is 11.3. The van der Waals surface area contributed by atoms with Gasteiger partial charge in [0.1, 0.15) is 0 Å². The predicted molar refractivity (Wildman–Crippen MR) is 181 cm³/mol. The number of hydrogen-bond donors (Lipinski definition) is 0. The average molecular weight is 770 g/mol. The van der Waals surface area contributed by atoms with Gasteiger partial charge in [0.15, 0.2) is 5.58 Å². The van der Waals surface area contributed by atoms with E-state index in [2.05, 4.69) is 81.9 Å². The topological polar surface area (TPSA) is 51.8 Å². The van der Waals surface area contributed by atoms with E-state index in [1.165, 1.54) is 11.1 Å². The Labute approximate surface area is 281 Å². The molecule has 0 N–H and O–H groups in total. The fourth-order valence-corrected chi connectivity index (χ4v) is 5.20. The minimum absolute atomic E-state index is 0. The molecule has 0 aliphatic heterocycles. The average Bonchev–Trinajstić information content (AvgIpc) is 3.57. The summed E-state index contributed by atoms with van der Waals surface area (Å²) in [6, 6.07) is 55.3. The number of rotatable bonds is 5. The van der Waals surface area contributed by atoms with E-state index in [4.69, 9.17) is 4.52 Å². The molecule has 3 aromatic heterocycles. The van der Waals surface area contributed by atoms with Crippen molar-refractivity contribution in [1.82, 2.24) is 15.1 Å². The van der Waals surface area contributed by atoms with Gasteiger partial charge in [-0.15, -0.1) is 76.4 Å². The van der Waals surface area contributed by atoms with Crippen molar-refractivity contribution in [2.24, 2.45) is 0 Å². The number of benzene rings is 5. The van der Waals surface area contributed by atoms with Gasteiger partial charge in [0.2, 0.25) is 0 Å². The SMILES string of the molecule is [Ir].[c-]1ccc(-c2ccccc2)cc1-c1noc2ccc(-c3ccccc3)cc12.[c-]1ccccc1-c1cc(-c2cccnc2)ccn1. The Morgan fingerprint density at radius 2 is 1.20 bits per heavy atom. The third kappa shape index (κ3) is 6.92. The van der Waals surface area contributed by atoms with Crippen LogP contribution in [0.25, 0.3) is 66.9 Å². The van der Waals surface area contributed by atoms with Crippen LogP contribution in [-0.2, 0) is 20.1 Å². The van der Waals surface area contributed by atoms with Crippen LogP contribution in [0.4, 0.5) is 0 Å². The third-order valence-corrected chi connectivity index (χ3v) is 7.48. The fourth-order valence-electron chi connectivity index (χ4n) is 5.20. The molecule has 1 radical (unpaired) electrons. The molecular formula is C41H27IrN3O-2. The van der Waals surface area contributed by atoms with E-state index in [9.17, 15) is 0 Å². The molecule has 0 atom stereocenters. The first-order chi connectivity index (χ1) is 22.3. The number of nitrogens with zero attached hydrogens (tertiary/aromatic N) is 3. The van der Waals surface area contributed by atoms with Crippen LogP contribution in [-0.4, -0.2) is 15.1 Å². The standard InChI is InChI=1S/C25H16NO.C16H11N2.Ir/c1-3-8-18(9-4-1)20-12-7-13-22(16-20)25-23-17-21(14-15-24(23)27-26-25)19-10-5-2-6-11-19;1-2-5-13(6-3-1)16-11-14(8-10-18-16)15-7-4-9-17-12-15;/h1-12,14-17H;1-5,7-12H;/q2*-1;. The summed E-state index contributed by atoms with van der Waals surface area (Å²) < 4.78 is 5.57. The summed E-state index contributed by atoms with van der Waals surface area (Å²) in [5.74, 6) is 0. The summed E-state index contributed by atoms with van der Waals surface area (Å²) in [6.45, 7) is 0. The first-order valence-corrected chi connectivity index (χ1v) is 14.7. The van der Waals surface area contributed by atoms with Gasteiger partial charge in [-0.2, -0.15) is 0 Å². The van der Waals surface area contributed by atoms with Gasteiger partial charge in [-0.05, 0) is 51.7 Å². The number of pyridine rings is 2. The van der Waals surface area contributed by atoms with Gasteiger partial charge in [-0.25, -0.2) is 0 Å². The number of fused-ring (bicyclic) bond motifs is 1. The van der Waals surface area contributed by atoms with E-state index in [0.29, 0.717) is 0 Å². The Kier molecular flexibility index (Phi) is 9.65. The smallest absolute Gasteiger partial charge is 0.157 e. The molecule has 5 heteroatoms. The minimum Gasteiger partial charge on any atom is -0.366 e. The van der Waals surface area contributed by atoms with Crippen molar-refractivity contribution in [3.8, 4) is 55.9 Å². The Balaban J connectivity index is 0.000000171. The van der Waals surface area contributed by atoms with Crippen molar-refractivity contribution in [3.05, 3.63) is 176 Å². The maximum absolute atomic E-state index is 5.57. The van der Waals surface area contributed by atoms with E-state index in [1.54, 1.807) is 6.20 Å². The van der Waals surface area contributed by atoms with Crippen LogP contribution in [0.5, 0.6) is 0 Å². The van der Waals surface area contributed by atoms with Crippen LogP contribution in [0.15, 0.2) is 169 Å². The molecule has 0 saturated heterocycles. The number of hydrogen-bond acceptors (Lipinski definition) is 4. The van der Waals surface area contributed by atoms with Gasteiger partial charge < -0.3 is 9.51 Å². The molecule has 3 heterocycles. The van der Waals surface area contributed by atoms with Gasteiger partial charge in [-0.3, -0.25) is 4.98 Å². The predicted octanol–water partition coefficient (Wildman–Crippen LogP) is 10.2. The van der Waals surface area contributed by atoms with Crippen molar-refractivity contribution in [2.75, 3.05) is 0 Å². The van der Waals surface area contributed by atoms with Gasteiger partial charge in [-0.1, -0.05) is 84.9 Å². The van der Waals surface area contributed by atoms with E-state index in [0.717, 1.165) is 55.7 Å². The largest absolute Gasteiger partial charge is 0.366 e. The third-order valence-electron chi connectivity index (χ3n) is 7.48. The van der Waals surface area contributed by atoms with Crippen molar-refractivity contribution < 1.29 is 24.6 Å². The summed E-state index contributed by atoms with van der Waals surface area (Å²) in [5, 5.41) is 5.33. The molecule has 5 aromatic carbocycles. The molecule has 0 saturated carbocycles. The first-order valence-electron chi connectivity index (χ1n) is 14.7. The van der Waals surface area contributed by atoms with E-state index in [1.807, 2.05) is 103 Å². The van der Waals surface area contributed by atoms with Crippen LogP contribution < -0.4 is 0 Å². The Bertz CT molecular complexity index is 2100. The maximum atomic E-state index is 5.57. The van der Waals surface area contributed by atoms with E-state index < -0.39 is 0 Å². The second-order valence-electron chi connectivity index (χ2n) is 10.4. The summed E-state index contributed by atoms with van der Waals surface area (Å²) >= 11 is 0. The zero-order chi connectivity index (χ0) is 30.3. The van der Waals surface area contributed by atoms with Crippen LogP contribution in [0.1, 0.15) is 0 Å².